The summed E-state index contributed by atoms with van der Waals surface area (Å²) in [7, 11) is 0. The second-order valence-corrected chi connectivity index (χ2v) is 5.12. The monoisotopic (exact) mass is 299 g/mol. The highest BCUT2D eigenvalue weighted by molar-refractivity contribution is 6.29. The fourth-order valence-corrected chi connectivity index (χ4v) is 2.47. The van der Waals surface area contributed by atoms with Gasteiger partial charge in [0.15, 0.2) is 0 Å². The minimum absolute atomic E-state index is 0.140. The normalized spacial score (nSPS) is 10.7. The van der Waals surface area contributed by atoms with E-state index < -0.39 is 0 Å². The molecule has 1 amide bonds. The predicted octanol–water partition coefficient (Wildman–Crippen LogP) is 3.19. The van der Waals surface area contributed by atoms with E-state index in [0.29, 0.717) is 17.3 Å². The summed E-state index contributed by atoms with van der Waals surface area (Å²) < 4.78 is 0. The Morgan fingerprint density at radius 1 is 1.29 bits per heavy atom. The molecule has 0 fully saturated rings. The number of para-hydroxylation sites is 1. The summed E-state index contributed by atoms with van der Waals surface area (Å²) in [4.78, 5) is 19.1. The van der Waals surface area contributed by atoms with E-state index in [9.17, 15) is 4.79 Å². The van der Waals surface area contributed by atoms with Crippen LogP contribution < -0.4 is 5.32 Å². The summed E-state index contributed by atoms with van der Waals surface area (Å²) in [5, 5.41) is 4.40. The van der Waals surface area contributed by atoms with Gasteiger partial charge in [-0.2, -0.15) is 0 Å². The van der Waals surface area contributed by atoms with Crippen molar-refractivity contribution in [2.24, 2.45) is 0 Å². The zero-order chi connectivity index (χ0) is 14.7. The fraction of sp³-hybridized carbons (Fsp3) is 0.125. The van der Waals surface area contributed by atoms with Crippen LogP contribution in [0, 0.1) is 0 Å². The molecule has 0 aliphatic carbocycles. The minimum atomic E-state index is -0.140. The number of hydrogen-bond donors (Lipinski definition) is 2. The molecule has 21 heavy (non-hydrogen) atoms. The number of benzene rings is 1. The maximum atomic E-state index is 12.0. The van der Waals surface area contributed by atoms with E-state index >= 15 is 0 Å². The van der Waals surface area contributed by atoms with Crippen molar-refractivity contribution in [3.63, 3.8) is 0 Å². The number of carbonyl (C=O) groups is 1. The lowest BCUT2D eigenvalue weighted by molar-refractivity contribution is 0.0954. The van der Waals surface area contributed by atoms with Crippen molar-refractivity contribution < 1.29 is 4.79 Å². The van der Waals surface area contributed by atoms with Gasteiger partial charge in [0.05, 0.1) is 0 Å². The van der Waals surface area contributed by atoms with Gasteiger partial charge in [-0.05, 0) is 30.2 Å². The predicted molar refractivity (Wildman–Crippen MR) is 83.6 cm³/mol. The molecule has 106 valence electrons. The van der Waals surface area contributed by atoms with Crippen LogP contribution in [0.4, 0.5) is 0 Å². The van der Waals surface area contributed by atoms with Gasteiger partial charge in [0.2, 0.25) is 0 Å². The standard InChI is InChI=1S/C16H14ClN3O/c17-15-9-11(5-7-18-15)16(21)19-8-6-12-10-20-14-4-2-1-3-13(12)14/h1-5,7,9-10,20H,6,8H2,(H,19,21). The molecule has 3 aromatic rings. The summed E-state index contributed by atoms with van der Waals surface area (Å²) >= 11 is 5.77. The van der Waals surface area contributed by atoms with Crippen LogP contribution in [0.25, 0.3) is 10.9 Å². The third-order valence-corrected chi connectivity index (χ3v) is 3.55. The molecule has 0 saturated heterocycles. The number of rotatable bonds is 4. The maximum Gasteiger partial charge on any atom is 0.251 e. The molecule has 0 atom stereocenters. The zero-order valence-corrected chi connectivity index (χ0v) is 12.0. The van der Waals surface area contributed by atoms with Gasteiger partial charge >= 0.3 is 0 Å². The molecule has 0 aliphatic rings. The number of H-pyrrole nitrogens is 1. The van der Waals surface area contributed by atoms with Crippen molar-refractivity contribution in [3.8, 4) is 0 Å². The van der Waals surface area contributed by atoms with Crippen LogP contribution in [0.2, 0.25) is 5.15 Å². The Balaban J connectivity index is 1.62. The molecule has 0 saturated carbocycles. The summed E-state index contributed by atoms with van der Waals surface area (Å²) in [6.45, 7) is 0.570. The lowest BCUT2D eigenvalue weighted by atomic mass is 10.1. The first-order valence-electron chi connectivity index (χ1n) is 6.69. The van der Waals surface area contributed by atoms with Gasteiger partial charge in [0, 0.05) is 35.4 Å². The highest BCUT2D eigenvalue weighted by Crippen LogP contribution is 2.17. The first-order chi connectivity index (χ1) is 10.2. The quantitative estimate of drug-likeness (QED) is 0.727. The van der Waals surface area contributed by atoms with Gasteiger partial charge in [-0.1, -0.05) is 29.8 Å². The molecule has 0 unspecified atom stereocenters. The molecule has 1 aromatic carbocycles. The Kier molecular flexibility index (Phi) is 3.88. The Bertz CT molecular complexity index is 782. The molecular weight excluding hydrogens is 286 g/mol. The number of amides is 1. The zero-order valence-electron chi connectivity index (χ0n) is 11.3. The third kappa shape index (κ3) is 3.06. The van der Waals surface area contributed by atoms with Crippen LogP contribution in [-0.4, -0.2) is 22.4 Å². The number of nitrogens with zero attached hydrogens (tertiary/aromatic N) is 1. The number of aromatic amines is 1. The smallest absolute Gasteiger partial charge is 0.251 e. The number of nitrogens with one attached hydrogen (secondary N) is 2. The van der Waals surface area contributed by atoms with Crippen LogP contribution in [-0.2, 0) is 6.42 Å². The van der Waals surface area contributed by atoms with Crippen LogP contribution >= 0.6 is 11.6 Å². The number of hydrogen-bond acceptors (Lipinski definition) is 2. The van der Waals surface area contributed by atoms with Gasteiger partial charge in [0.25, 0.3) is 5.91 Å². The molecule has 5 heteroatoms. The van der Waals surface area contributed by atoms with Crippen molar-refractivity contribution in [1.82, 2.24) is 15.3 Å². The number of aromatic nitrogens is 2. The highest BCUT2D eigenvalue weighted by atomic mass is 35.5. The summed E-state index contributed by atoms with van der Waals surface area (Å²) in [5.41, 5.74) is 2.83. The fourth-order valence-electron chi connectivity index (χ4n) is 2.29. The number of fused-ring (bicyclic) bond motifs is 1. The number of halogens is 1. The van der Waals surface area contributed by atoms with Crippen molar-refractivity contribution >= 4 is 28.4 Å². The number of carbonyl (C=O) groups excluding carboxylic acids is 1. The van der Waals surface area contributed by atoms with E-state index in [1.54, 1.807) is 12.1 Å². The van der Waals surface area contributed by atoms with Gasteiger partial charge in [-0.25, -0.2) is 4.98 Å². The Hall–Kier alpha value is -2.33. The topological polar surface area (TPSA) is 57.8 Å². The van der Waals surface area contributed by atoms with E-state index in [0.717, 1.165) is 11.9 Å². The minimum Gasteiger partial charge on any atom is -0.361 e. The molecule has 2 aromatic heterocycles. The average molecular weight is 300 g/mol. The molecule has 0 spiro atoms. The maximum absolute atomic E-state index is 12.0. The van der Waals surface area contributed by atoms with Crippen molar-refractivity contribution in [3.05, 3.63) is 65.1 Å². The second-order valence-electron chi connectivity index (χ2n) is 4.73. The van der Waals surface area contributed by atoms with Crippen LogP contribution in [0.1, 0.15) is 15.9 Å². The SMILES string of the molecule is O=C(NCCc1c[nH]c2ccccc12)c1ccnc(Cl)c1. The number of pyridine rings is 1. The van der Waals surface area contributed by atoms with Gasteiger partial charge in [0.1, 0.15) is 5.15 Å². The van der Waals surface area contributed by atoms with Crippen molar-refractivity contribution in [2.45, 2.75) is 6.42 Å². The van der Waals surface area contributed by atoms with E-state index in [-0.39, 0.29) is 5.91 Å². The molecule has 2 heterocycles. The summed E-state index contributed by atoms with van der Waals surface area (Å²) in [6, 6.07) is 11.3. The van der Waals surface area contributed by atoms with Gasteiger partial charge in [-0.3, -0.25) is 4.79 Å². The summed E-state index contributed by atoms with van der Waals surface area (Å²) in [6.07, 6.45) is 4.28. The largest absolute Gasteiger partial charge is 0.361 e. The first kappa shape index (κ1) is 13.6. The van der Waals surface area contributed by atoms with Crippen LogP contribution in [0.15, 0.2) is 48.8 Å². The van der Waals surface area contributed by atoms with E-state index in [4.69, 9.17) is 11.6 Å². The second kappa shape index (κ2) is 5.97. The Morgan fingerprint density at radius 2 is 2.14 bits per heavy atom. The van der Waals surface area contributed by atoms with Gasteiger partial charge in [-0.15, -0.1) is 0 Å². The molecule has 0 bridgehead atoms. The molecule has 0 aliphatic heterocycles. The summed E-state index contributed by atoms with van der Waals surface area (Å²) in [5.74, 6) is -0.140. The Morgan fingerprint density at radius 3 is 3.00 bits per heavy atom. The van der Waals surface area contributed by atoms with Crippen molar-refractivity contribution in [1.29, 1.82) is 0 Å². The van der Waals surface area contributed by atoms with E-state index in [2.05, 4.69) is 21.4 Å². The van der Waals surface area contributed by atoms with Crippen LogP contribution in [0.5, 0.6) is 0 Å². The van der Waals surface area contributed by atoms with Crippen LogP contribution in [0.3, 0.4) is 0 Å². The Labute approximate surface area is 127 Å². The van der Waals surface area contributed by atoms with Crippen molar-refractivity contribution in [2.75, 3.05) is 6.54 Å². The molecule has 4 nitrogen and oxygen atoms in total. The highest BCUT2D eigenvalue weighted by Gasteiger charge is 2.07. The van der Waals surface area contributed by atoms with E-state index in [1.165, 1.54) is 17.1 Å². The molecule has 0 radical (unpaired) electrons. The first-order valence-corrected chi connectivity index (χ1v) is 7.06. The lowest BCUT2D eigenvalue weighted by Crippen LogP contribution is -2.25. The molecule has 2 N–H and O–H groups in total. The lowest BCUT2D eigenvalue weighted by Gasteiger charge is -2.05. The van der Waals surface area contributed by atoms with E-state index in [1.807, 2.05) is 24.4 Å². The molecular formula is C16H14ClN3O. The van der Waals surface area contributed by atoms with Gasteiger partial charge < -0.3 is 10.3 Å². The average Bonchev–Trinajstić information content (AvgIpc) is 2.91. The third-order valence-electron chi connectivity index (χ3n) is 3.34. The molecule has 3 rings (SSSR count).